The lowest BCUT2D eigenvalue weighted by atomic mass is 9.99. The molecule has 8 nitrogen and oxygen atoms in total. The lowest BCUT2D eigenvalue weighted by Crippen LogP contribution is -2.60. The van der Waals surface area contributed by atoms with Gasteiger partial charge in [-0.2, -0.15) is 0 Å². The van der Waals surface area contributed by atoms with Gasteiger partial charge in [-0.05, 0) is 12.1 Å². The molecule has 2 rings (SSSR count). The van der Waals surface area contributed by atoms with Crippen molar-refractivity contribution in [3.05, 3.63) is 29.8 Å². The van der Waals surface area contributed by atoms with E-state index in [4.69, 9.17) is 19.7 Å². The summed E-state index contributed by atoms with van der Waals surface area (Å²) in [4.78, 5) is 11.1. The van der Waals surface area contributed by atoms with Gasteiger partial charge in [0.15, 0.2) is 0 Å². The number of carboxylic acid groups (broad SMARTS) is 1. The molecular weight excluding hydrogens is 284 g/mol. The van der Waals surface area contributed by atoms with Crippen molar-refractivity contribution in [1.82, 2.24) is 0 Å². The molecule has 1 saturated heterocycles. The normalized spacial score (nSPS) is 32.7. The lowest BCUT2D eigenvalue weighted by Gasteiger charge is -2.39. The number of aromatic carboxylic acids is 1. The smallest absolute Gasteiger partial charge is 0.339 e. The minimum Gasteiger partial charge on any atom is -0.478 e. The number of ether oxygens (including phenoxy) is 2. The monoisotopic (exact) mass is 300 g/mol. The third-order valence-electron chi connectivity index (χ3n) is 3.21. The number of para-hydroxylation sites is 1. The topological polar surface area (TPSA) is 137 Å². The number of aliphatic hydroxyl groups excluding tert-OH is 4. The van der Waals surface area contributed by atoms with E-state index in [0.29, 0.717) is 0 Å². The number of hydrogen-bond acceptors (Lipinski definition) is 7. The first kappa shape index (κ1) is 15.7. The van der Waals surface area contributed by atoms with E-state index in [1.165, 1.54) is 24.3 Å². The van der Waals surface area contributed by atoms with E-state index >= 15 is 0 Å². The third kappa shape index (κ3) is 3.14. The maximum absolute atomic E-state index is 11.1. The SMILES string of the molecule is O=C(O)c1ccccc1OC1OC(CO)C(O)C(O)C1O. The highest BCUT2D eigenvalue weighted by atomic mass is 16.7. The van der Waals surface area contributed by atoms with Crippen LogP contribution in [0.4, 0.5) is 0 Å². The zero-order valence-corrected chi connectivity index (χ0v) is 10.9. The van der Waals surface area contributed by atoms with Crippen molar-refractivity contribution in [1.29, 1.82) is 0 Å². The molecule has 5 unspecified atom stereocenters. The van der Waals surface area contributed by atoms with Crippen LogP contribution in [0.3, 0.4) is 0 Å². The molecule has 5 atom stereocenters. The maximum Gasteiger partial charge on any atom is 0.339 e. The van der Waals surface area contributed by atoms with Gasteiger partial charge in [-0.1, -0.05) is 12.1 Å². The van der Waals surface area contributed by atoms with Crippen LogP contribution in [-0.2, 0) is 4.74 Å². The number of aliphatic hydroxyl groups is 4. The van der Waals surface area contributed by atoms with Gasteiger partial charge in [0.05, 0.1) is 6.61 Å². The summed E-state index contributed by atoms with van der Waals surface area (Å²) in [5, 5.41) is 47.2. The van der Waals surface area contributed by atoms with Gasteiger partial charge in [0.2, 0.25) is 6.29 Å². The Morgan fingerprint density at radius 3 is 2.43 bits per heavy atom. The van der Waals surface area contributed by atoms with Crippen molar-refractivity contribution in [2.24, 2.45) is 0 Å². The first-order valence-corrected chi connectivity index (χ1v) is 6.25. The van der Waals surface area contributed by atoms with Gasteiger partial charge in [0, 0.05) is 0 Å². The van der Waals surface area contributed by atoms with E-state index in [2.05, 4.69) is 0 Å². The summed E-state index contributed by atoms with van der Waals surface area (Å²) >= 11 is 0. The van der Waals surface area contributed by atoms with Gasteiger partial charge in [0.1, 0.15) is 35.7 Å². The van der Waals surface area contributed by atoms with Gasteiger partial charge < -0.3 is 35.0 Å². The number of carbonyl (C=O) groups is 1. The zero-order valence-electron chi connectivity index (χ0n) is 10.9. The fraction of sp³-hybridized carbons (Fsp3) is 0.462. The Hall–Kier alpha value is -1.71. The second kappa shape index (κ2) is 6.37. The van der Waals surface area contributed by atoms with E-state index < -0.39 is 43.3 Å². The average Bonchev–Trinajstić information content (AvgIpc) is 2.48. The fourth-order valence-electron chi connectivity index (χ4n) is 2.04. The number of carboxylic acids is 1. The van der Waals surface area contributed by atoms with Crippen molar-refractivity contribution in [3.63, 3.8) is 0 Å². The van der Waals surface area contributed by atoms with Gasteiger partial charge in [0.25, 0.3) is 0 Å². The van der Waals surface area contributed by atoms with Crippen LogP contribution < -0.4 is 4.74 Å². The number of hydrogen-bond donors (Lipinski definition) is 5. The average molecular weight is 300 g/mol. The van der Waals surface area contributed by atoms with Gasteiger partial charge in [-0.3, -0.25) is 0 Å². The molecule has 1 aliphatic heterocycles. The van der Waals surface area contributed by atoms with Crippen molar-refractivity contribution in [3.8, 4) is 5.75 Å². The van der Waals surface area contributed by atoms with E-state index in [0.717, 1.165) is 0 Å². The molecule has 1 aromatic rings. The highest BCUT2D eigenvalue weighted by Gasteiger charge is 2.44. The van der Waals surface area contributed by atoms with Crippen LogP contribution in [0.25, 0.3) is 0 Å². The fourth-order valence-corrected chi connectivity index (χ4v) is 2.04. The second-order valence-electron chi connectivity index (χ2n) is 4.62. The molecule has 1 fully saturated rings. The summed E-state index contributed by atoms with van der Waals surface area (Å²) in [5.74, 6) is -1.29. The van der Waals surface area contributed by atoms with Crippen LogP contribution in [-0.4, -0.2) is 68.8 Å². The minimum atomic E-state index is -1.59. The molecule has 0 radical (unpaired) electrons. The van der Waals surface area contributed by atoms with Gasteiger partial charge in [-0.15, -0.1) is 0 Å². The van der Waals surface area contributed by atoms with E-state index in [1.54, 1.807) is 0 Å². The van der Waals surface area contributed by atoms with Crippen molar-refractivity contribution in [2.75, 3.05) is 6.61 Å². The predicted molar refractivity (Wildman–Crippen MR) is 67.8 cm³/mol. The second-order valence-corrected chi connectivity index (χ2v) is 4.62. The van der Waals surface area contributed by atoms with Crippen molar-refractivity contribution in [2.45, 2.75) is 30.7 Å². The standard InChI is InChI=1S/C13H16O8/c14-5-8-9(15)10(16)11(17)13(21-8)20-7-4-2-1-3-6(7)12(18)19/h1-4,8-11,13-17H,5H2,(H,18,19). The Balaban J connectivity index is 2.20. The molecule has 1 aromatic carbocycles. The molecule has 0 saturated carbocycles. The van der Waals surface area contributed by atoms with Gasteiger partial charge >= 0.3 is 5.97 Å². The Kier molecular flexibility index (Phi) is 4.76. The molecule has 8 heteroatoms. The quantitative estimate of drug-likeness (QED) is 0.456. The summed E-state index contributed by atoms with van der Waals surface area (Å²) in [7, 11) is 0. The zero-order chi connectivity index (χ0) is 15.6. The Morgan fingerprint density at radius 2 is 1.81 bits per heavy atom. The summed E-state index contributed by atoms with van der Waals surface area (Å²) < 4.78 is 10.4. The third-order valence-corrected chi connectivity index (χ3v) is 3.21. The summed E-state index contributed by atoms with van der Waals surface area (Å²) in [6, 6.07) is 5.71. The molecule has 116 valence electrons. The van der Waals surface area contributed by atoms with Crippen LogP contribution in [0, 0.1) is 0 Å². The summed E-state index contributed by atoms with van der Waals surface area (Å²) in [6.07, 6.45) is -7.21. The Bertz CT molecular complexity index is 503. The van der Waals surface area contributed by atoms with Crippen LogP contribution in [0.1, 0.15) is 10.4 Å². The molecule has 1 heterocycles. The maximum atomic E-state index is 11.1. The first-order chi connectivity index (χ1) is 9.95. The highest BCUT2D eigenvalue weighted by molar-refractivity contribution is 5.90. The summed E-state index contributed by atoms with van der Waals surface area (Å²) in [6.45, 7) is -0.592. The van der Waals surface area contributed by atoms with Crippen molar-refractivity contribution < 1.29 is 39.8 Å². The lowest BCUT2D eigenvalue weighted by molar-refractivity contribution is -0.277. The van der Waals surface area contributed by atoms with E-state index in [1.807, 2.05) is 0 Å². The highest BCUT2D eigenvalue weighted by Crippen LogP contribution is 2.26. The minimum absolute atomic E-state index is 0.0608. The largest absolute Gasteiger partial charge is 0.478 e. The van der Waals surface area contributed by atoms with Gasteiger partial charge in [-0.25, -0.2) is 4.79 Å². The predicted octanol–water partition coefficient (Wildman–Crippen LogP) is -1.44. The first-order valence-electron chi connectivity index (χ1n) is 6.25. The van der Waals surface area contributed by atoms with E-state index in [9.17, 15) is 20.1 Å². The molecule has 0 aliphatic carbocycles. The number of benzene rings is 1. The molecule has 0 amide bonds. The Labute approximate surface area is 119 Å². The number of rotatable bonds is 4. The molecule has 0 bridgehead atoms. The van der Waals surface area contributed by atoms with Crippen LogP contribution in [0.15, 0.2) is 24.3 Å². The molecule has 1 aliphatic rings. The molecule has 0 aromatic heterocycles. The van der Waals surface area contributed by atoms with Crippen LogP contribution in [0.5, 0.6) is 5.75 Å². The molecular formula is C13H16O8. The molecule has 5 N–H and O–H groups in total. The van der Waals surface area contributed by atoms with Crippen molar-refractivity contribution >= 4 is 5.97 Å². The summed E-state index contributed by atoms with van der Waals surface area (Å²) in [5.41, 5.74) is -0.144. The van der Waals surface area contributed by atoms with E-state index in [-0.39, 0.29) is 11.3 Å². The van der Waals surface area contributed by atoms with Crippen LogP contribution in [0.2, 0.25) is 0 Å². The van der Waals surface area contributed by atoms with Crippen LogP contribution >= 0.6 is 0 Å². The molecule has 21 heavy (non-hydrogen) atoms. The molecule has 0 spiro atoms. The Morgan fingerprint density at radius 1 is 1.14 bits per heavy atom.